The highest BCUT2D eigenvalue weighted by Crippen LogP contribution is 2.24. The Hall–Kier alpha value is -2.56. The Labute approximate surface area is 141 Å². The van der Waals surface area contributed by atoms with Crippen molar-refractivity contribution in [2.45, 2.75) is 39.2 Å². The Morgan fingerprint density at radius 3 is 2.46 bits per heavy atom. The predicted molar refractivity (Wildman–Crippen MR) is 91.0 cm³/mol. The maximum absolute atomic E-state index is 12.8. The Morgan fingerprint density at radius 1 is 1.25 bits per heavy atom. The van der Waals surface area contributed by atoms with Crippen LogP contribution in [0.15, 0.2) is 40.8 Å². The van der Waals surface area contributed by atoms with Gasteiger partial charge in [0.2, 0.25) is 5.91 Å². The molecule has 1 aromatic heterocycles. The molecular formula is C19H23NO4. The number of hydrogen-bond acceptors (Lipinski definition) is 3. The van der Waals surface area contributed by atoms with Gasteiger partial charge in [0.25, 0.3) is 0 Å². The molecule has 0 bridgehead atoms. The topological polar surface area (TPSA) is 70.8 Å². The van der Waals surface area contributed by atoms with Crippen LogP contribution in [0.3, 0.4) is 0 Å². The fourth-order valence-corrected chi connectivity index (χ4v) is 2.82. The van der Waals surface area contributed by atoms with Crippen LogP contribution >= 0.6 is 0 Å². The molecule has 0 saturated heterocycles. The number of benzene rings is 1. The molecule has 1 aromatic carbocycles. The highest BCUT2D eigenvalue weighted by atomic mass is 16.4. The van der Waals surface area contributed by atoms with E-state index >= 15 is 0 Å². The van der Waals surface area contributed by atoms with Crippen LogP contribution < -0.4 is 0 Å². The predicted octanol–water partition coefficient (Wildman–Crippen LogP) is 3.83. The van der Waals surface area contributed by atoms with Gasteiger partial charge in [-0.05, 0) is 25.0 Å². The normalized spacial score (nSPS) is 12.0. The van der Waals surface area contributed by atoms with Crippen molar-refractivity contribution in [3.05, 3.63) is 59.0 Å². The van der Waals surface area contributed by atoms with E-state index in [0.29, 0.717) is 11.5 Å². The zero-order valence-corrected chi connectivity index (χ0v) is 14.3. The summed E-state index contributed by atoms with van der Waals surface area (Å²) in [7, 11) is 1.71. The molecule has 0 radical (unpaired) electrons. The van der Waals surface area contributed by atoms with E-state index in [0.717, 1.165) is 18.4 Å². The van der Waals surface area contributed by atoms with Crippen molar-refractivity contribution in [2.24, 2.45) is 0 Å². The molecule has 0 aliphatic heterocycles. The summed E-state index contributed by atoms with van der Waals surface area (Å²) in [6, 6.07) is 11.2. The third kappa shape index (κ3) is 4.04. The van der Waals surface area contributed by atoms with Gasteiger partial charge >= 0.3 is 5.97 Å². The molecule has 128 valence electrons. The number of rotatable bonds is 7. The first-order chi connectivity index (χ1) is 11.4. The summed E-state index contributed by atoms with van der Waals surface area (Å²) in [6.45, 7) is 3.91. The van der Waals surface area contributed by atoms with E-state index in [1.54, 1.807) is 18.9 Å². The number of furan rings is 1. The fourth-order valence-electron chi connectivity index (χ4n) is 2.82. The van der Waals surface area contributed by atoms with Crippen LogP contribution in [0.1, 0.15) is 53.1 Å². The Bertz CT molecular complexity index is 705. The molecular weight excluding hydrogens is 306 g/mol. The Balaban J connectivity index is 2.15. The first-order valence-corrected chi connectivity index (χ1v) is 8.06. The maximum atomic E-state index is 12.8. The number of carbonyl (C=O) groups excluding carboxylic acids is 1. The van der Waals surface area contributed by atoms with Crippen LogP contribution in [0, 0.1) is 6.92 Å². The Morgan fingerprint density at radius 2 is 1.92 bits per heavy atom. The van der Waals surface area contributed by atoms with Crippen molar-refractivity contribution in [1.29, 1.82) is 0 Å². The van der Waals surface area contributed by atoms with Gasteiger partial charge in [-0.1, -0.05) is 43.7 Å². The summed E-state index contributed by atoms with van der Waals surface area (Å²) in [4.78, 5) is 25.5. The third-order valence-electron chi connectivity index (χ3n) is 4.05. The van der Waals surface area contributed by atoms with Crippen molar-refractivity contribution < 1.29 is 19.1 Å². The van der Waals surface area contributed by atoms with E-state index in [1.165, 1.54) is 6.07 Å². The Kier molecular flexibility index (Phi) is 5.79. The second-order valence-electron chi connectivity index (χ2n) is 5.93. The SMILES string of the molecule is CCCC(C(=O)N(C)Cc1cc(C(=O)O)c(C)o1)c1ccccc1. The monoisotopic (exact) mass is 329 g/mol. The van der Waals surface area contributed by atoms with Gasteiger partial charge in [-0.15, -0.1) is 0 Å². The molecule has 1 atom stereocenters. The number of hydrogen-bond donors (Lipinski definition) is 1. The zero-order chi connectivity index (χ0) is 17.7. The molecule has 0 saturated carbocycles. The van der Waals surface area contributed by atoms with E-state index in [2.05, 4.69) is 6.92 Å². The summed E-state index contributed by atoms with van der Waals surface area (Å²) in [5.41, 5.74) is 1.14. The molecule has 2 aromatic rings. The number of carboxylic acids is 1. The summed E-state index contributed by atoms with van der Waals surface area (Å²) in [5.74, 6) is -0.384. The fraction of sp³-hybridized carbons (Fsp3) is 0.368. The second kappa shape index (κ2) is 7.81. The third-order valence-corrected chi connectivity index (χ3v) is 4.05. The average Bonchev–Trinajstić information content (AvgIpc) is 2.93. The van der Waals surface area contributed by atoms with Gasteiger partial charge in [-0.25, -0.2) is 4.79 Å². The van der Waals surface area contributed by atoms with E-state index in [9.17, 15) is 9.59 Å². The van der Waals surface area contributed by atoms with Crippen LogP contribution in [0.2, 0.25) is 0 Å². The number of carboxylic acid groups (broad SMARTS) is 1. The van der Waals surface area contributed by atoms with E-state index in [-0.39, 0.29) is 23.9 Å². The number of likely N-dealkylation sites (N-methyl/N-ethyl adjacent to an activating group) is 1. The largest absolute Gasteiger partial charge is 0.478 e. The first kappa shape index (κ1) is 17.8. The molecule has 1 amide bonds. The zero-order valence-electron chi connectivity index (χ0n) is 14.3. The van der Waals surface area contributed by atoms with Crippen molar-refractivity contribution in [2.75, 3.05) is 7.05 Å². The number of aryl methyl sites for hydroxylation is 1. The molecule has 1 heterocycles. The summed E-state index contributed by atoms with van der Waals surface area (Å²) >= 11 is 0. The minimum Gasteiger partial charge on any atom is -0.478 e. The molecule has 1 N–H and O–H groups in total. The molecule has 0 fully saturated rings. The van der Waals surface area contributed by atoms with Gasteiger partial charge in [0, 0.05) is 7.05 Å². The van der Waals surface area contributed by atoms with Crippen molar-refractivity contribution in [1.82, 2.24) is 4.90 Å². The number of aromatic carboxylic acids is 1. The van der Waals surface area contributed by atoms with Gasteiger partial charge in [0.05, 0.1) is 12.5 Å². The minimum absolute atomic E-state index is 0.00831. The lowest BCUT2D eigenvalue weighted by Crippen LogP contribution is -2.31. The smallest absolute Gasteiger partial charge is 0.339 e. The molecule has 0 spiro atoms. The molecule has 24 heavy (non-hydrogen) atoms. The molecule has 0 aliphatic rings. The van der Waals surface area contributed by atoms with Crippen LogP contribution in [0.25, 0.3) is 0 Å². The van der Waals surface area contributed by atoms with Crippen molar-refractivity contribution in [3.8, 4) is 0 Å². The minimum atomic E-state index is -1.02. The van der Waals surface area contributed by atoms with Crippen molar-refractivity contribution >= 4 is 11.9 Å². The molecule has 0 aliphatic carbocycles. The van der Waals surface area contributed by atoms with Crippen LogP contribution in [0.4, 0.5) is 0 Å². The van der Waals surface area contributed by atoms with E-state index < -0.39 is 5.97 Å². The van der Waals surface area contributed by atoms with E-state index in [4.69, 9.17) is 9.52 Å². The highest BCUT2D eigenvalue weighted by Gasteiger charge is 2.24. The van der Waals surface area contributed by atoms with Gasteiger partial charge in [0.1, 0.15) is 17.1 Å². The van der Waals surface area contributed by atoms with Gasteiger partial charge in [0.15, 0.2) is 0 Å². The lowest BCUT2D eigenvalue weighted by molar-refractivity contribution is -0.132. The van der Waals surface area contributed by atoms with Crippen molar-refractivity contribution in [3.63, 3.8) is 0 Å². The summed E-state index contributed by atoms with van der Waals surface area (Å²) in [5, 5.41) is 9.09. The molecule has 5 nitrogen and oxygen atoms in total. The number of amides is 1. The lowest BCUT2D eigenvalue weighted by atomic mass is 9.93. The summed E-state index contributed by atoms with van der Waals surface area (Å²) in [6.07, 6.45) is 1.67. The lowest BCUT2D eigenvalue weighted by Gasteiger charge is -2.23. The van der Waals surface area contributed by atoms with Gasteiger partial charge in [-0.2, -0.15) is 0 Å². The molecule has 1 unspecified atom stereocenters. The van der Waals surface area contributed by atoms with Crippen LogP contribution in [0.5, 0.6) is 0 Å². The van der Waals surface area contributed by atoms with Gasteiger partial charge in [-0.3, -0.25) is 4.79 Å². The second-order valence-corrected chi connectivity index (χ2v) is 5.93. The molecule has 5 heteroatoms. The van der Waals surface area contributed by atoms with Crippen LogP contribution in [-0.4, -0.2) is 28.9 Å². The van der Waals surface area contributed by atoms with E-state index in [1.807, 2.05) is 30.3 Å². The average molecular weight is 329 g/mol. The molecule has 2 rings (SSSR count). The maximum Gasteiger partial charge on any atom is 0.339 e. The standard InChI is InChI=1S/C19H23NO4/c1-4-8-16(14-9-6-5-7-10-14)18(21)20(3)12-15-11-17(19(22)23)13(2)24-15/h5-7,9-11,16H,4,8,12H2,1-3H3,(H,22,23). The first-order valence-electron chi connectivity index (χ1n) is 8.06. The quantitative estimate of drug-likeness (QED) is 0.838. The van der Waals surface area contributed by atoms with Crippen LogP contribution in [-0.2, 0) is 11.3 Å². The van der Waals surface area contributed by atoms with Gasteiger partial charge < -0.3 is 14.4 Å². The highest BCUT2D eigenvalue weighted by molar-refractivity contribution is 5.89. The number of nitrogens with zero attached hydrogens (tertiary/aromatic N) is 1. The number of carbonyl (C=O) groups is 2. The summed E-state index contributed by atoms with van der Waals surface area (Å²) < 4.78 is 5.47.